The van der Waals surface area contributed by atoms with E-state index in [1.54, 1.807) is 6.07 Å². The molecular weight excluding hydrogens is 339 g/mol. The molecule has 0 unspecified atom stereocenters. The van der Waals surface area contributed by atoms with Gasteiger partial charge in [0.15, 0.2) is 0 Å². The Kier molecular flexibility index (Phi) is 6.77. The largest absolute Gasteiger partial charge is 0.272 e. The lowest BCUT2D eigenvalue weighted by Gasteiger charge is -2.02. The maximum absolute atomic E-state index is 11.7. The minimum atomic E-state index is -0.157. The molecule has 0 radical (unpaired) electrons. The smallest absolute Gasteiger partial charge is 0.250 e. The Bertz CT molecular complexity index is 677. The molecule has 0 saturated carbocycles. The lowest BCUT2D eigenvalue weighted by molar-refractivity contribution is -0.118. The second-order valence-corrected chi connectivity index (χ2v) is 6.27. The number of halogens is 2. The van der Waals surface area contributed by atoms with Gasteiger partial charge in [0.05, 0.1) is 12.0 Å². The maximum atomic E-state index is 11.7. The van der Waals surface area contributed by atoms with Gasteiger partial charge in [-0.1, -0.05) is 53.5 Å². The van der Waals surface area contributed by atoms with Gasteiger partial charge in [-0.2, -0.15) is 5.10 Å². The second-order valence-electron chi connectivity index (χ2n) is 4.44. The molecule has 0 aromatic heterocycles. The van der Waals surface area contributed by atoms with Crippen LogP contribution in [-0.4, -0.2) is 17.9 Å². The minimum absolute atomic E-state index is 0.157. The molecule has 3 nitrogen and oxygen atoms in total. The van der Waals surface area contributed by atoms with Gasteiger partial charge in [-0.05, 0) is 23.8 Å². The fourth-order valence-electron chi connectivity index (χ4n) is 1.67. The van der Waals surface area contributed by atoms with Crippen LogP contribution in [0, 0.1) is 0 Å². The molecular formula is C16H14Cl2N2OS. The molecule has 114 valence electrons. The summed E-state index contributed by atoms with van der Waals surface area (Å²) in [5, 5.41) is 5.19. The topological polar surface area (TPSA) is 41.5 Å². The van der Waals surface area contributed by atoms with Crippen molar-refractivity contribution < 1.29 is 4.79 Å². The average Bonchev–Trinajstić information content (AvgIpc) is 2.49. The number of thioether (sulfide) groups is 1. The first-order chi connectivity index (χ1) is 10.6. The number of rotatable bonds is 6. The van der Waals surface area contributed by atoms with Crippen molar-refractivity contribution in [2.75, 3.05) is 5.75 Å². The van der Waals surface area contributed by atoms with Gasteiger partial charge >= 0.3 is 0 Å². The highest BCUT2D eigenvalue weighted by atomic mass is 35.5. The van der Waals surface area contributed by atoms with Crippen molar-refractivity contribution in [1.29, 1.82) is 0 Å². The Labute approximate surface area is 143 Å². The Morgan fingerprint density at radius 2 is 2.00 bits per heavy atom. The molecule has 1 amide bonds. The van der Waals surface area contributed by atoms with Gasteiger partial charge in [0.1, 0.15) is 0 Å². The SMILES string of the molecule is O=C(CSCc1cccc(Cl)c1)N/N=C/c1ccccc1Cl. The van der Waals surface area contributed by atoms with Gasteiger partial charge in [-0.15, -0.1) is 11.8 Å². The maximum Gasteiger partial charge on any atom is 0.250 e. The molecule has 0 fully saturated rings. The number of carbonyl (C=O) groups is 1. The summed E-state index contributed by atoms with van der Waals surface area (Å²) in [5.74, 6) is 0.893. The third-order valence-electron chi connectivity index (χ3n) is 2.69. The van der Waals surface area contributed by atoms with Crippen LogP contribution in [0.1, 0.15) is 11.1 Å². The number of carbonyl (C=O) groups excluding carboxylic acids is 1. The second kappa shape index (κ2) is 8.83. The van der Waals surface area contributed by atoms with Crippen molar-refractivity contribution in [2.45, 2.75) is 5.75 Å². The summed E-state index contributed by atoms with van der Waals surface area (Å²) in [4.78, 5) is 11.7. The molecule has 0 aliphatic heterocycles. The first-order valence-electron chi connectivity index (χ1n) is 6.54. The van der Waals surface area contributed by atoms with Crippen LogP contribution in [0.25, 0.3) is 0 Å². The van der Waals surface area contributed by atoms with Gasteiger partial charge in [0.25, 0.3) is 0 Å². The summed E-state index contributed by atoms with van der Waals surface area (Å²) in [6, 6.07) is 14.9. The van der Waals surface area contributed by atoms with Crippen LogP contribution in [0.5, 0.6) is 0 Å². The normalized spacial score (nSPS) is 10.8. The molecule has 2 rings (SSSR count). The summed E-state index contributed by atoms with van der Waals surface area (Å²) in [5.41, 5.74) is 4.33. The fourth-order valence-corrected chi connectivity index (χ4v) is 2.84. The van der Waals surface area contributed by atoms with Crippen LogP contribution in [0.3, 0.4) is 0 Å². The zero-order valence-corrected chi connectivity index (χ0v) is 14.0. The Morgan fingerprint density at radius 1 is 1.18 bits per heavy atom. The predicted molar refractivity (Wildman–Crippen MR) is 94.8 cm³/mol. The standard InChI is InChI=1S/C16H14Cl2N2OS/c17-14-6-3-4-12(8-14)10-22-11-16(21)20-19-9-13-5-1-2-7-15(13)18/h1-9H,10-11H2,(H,20,21)/b19-9+. The molecule has 1 N–H and O–H groups in total. The molecule has 0 atom stereocenters. The van der Waals surface area contributed by atoms with Crippen molar-refractivity contribution in [2.24, 2.45) is 5.10 Å². The zero-order chi connectivity index (χ0) is 15.8. The van der Waals surface area contributed by atoms with Crippen LogP contribution >= 0.6 is 35.0 Å². The van der Waals surface area contributed by atoms with Crippen LogP contribution < -0.4 is 5.43 Å². The molecule has 0 aliphatic rings. The van der Waals surface area contributed by atoms with E-state index in [0.717, 1.165) is 16.9 Å². The summed E-state index contributed by atoms with van der Waals surface area (Å²) >= 11 is 13.4. The van der Waals surface area contributed by atoms with E-state index in [-0.39, 0.29) is 5.91 Å². The van der Waals surface area contributed by atoms with E-state index in [1.165, 1.54) is 18.0 Å². The molecule has 0 heterocycles. The van der Waals surface area contributed by atoms with Crippen molar-refractivity contribution in [3.05, 3.63) is 69.7 Å². The van der Waals surface area contributed by atoms with Gasteiger partial charge in [-0.3, -0.25) is 4.79 Å². The Morgan fingerprint density at radius 3 is 2.77 bits per heavy atom. The predicted octanol–water partition coefficient (Wildman–Crippen LogP) is 4.38. The molecule has 0 saturated heterocycles. The first kappa shape index (κ1) is 16.9. The number of benzene rings is 2. The van der Waals surface area contributed by atoms with E-state index in [9.17, 15) is 4.79 Å². The van der Waals surface area contributed by atoms with Gasteiger partial charge in [0.2, 0.25) is 5.91 Å². The number of hydrazone groups is 1. The van der Waals surface area contributed by atoms with Crippen LogP contribution in [0.4, 0.5) is 0 Å². The van der Waals surface area contributed by atoms with Crippen LogP contribution in [0.2, 0.25) is 10.0 Å². The van der Waals surface area contributed by atoms with E-state index >= 15 is 0 Å². The Hall–Kier alpha value is -1.49. The minimum Gasteiger partial charge on any atom is -0.272 e. The Balaban J connectivity index is 1.73. The lowest BCUT2D eigenvalue weighted by atomic mass is 10.2. The van der Waals surface area contributed by atoms with E-state index in [0.29, 0.717) is 15.8 Å². The molecule has 2 aromatic carbocycles. The third kappa shape index (κ3) is 5.72. The highest BCUT2D eigenvalue weighted by Gasteiger charge is 2.01. The lowest BCUT2D eigenvalue weighted by Crippen LogP contribution is -2.19. The number of hydrogen-bond acceptors (Lipinski definition) is 3. The molecule has 6 heteroatoms. The molecule has 0 bridgehead atoms. The summed E-state index contributed by atoms with van der Waals surface area (Å²) in [6.45, 7) is 0. The van der Waals surface area contributed by atoms with Crippen molar-refractivity contribution in [3.63, 3.8) is 0 Å². The first-order valence-corrected chi connectivity index (χ1v) is 8.45. The number of nitrogens with one attached hydrogen (secondary N) is 1. The molecule has 2 aromatic rings. The van der Waals surface area contributed by atoms with Gasteiger partial charge < -0.3 is 0 Å². The van der Waals surface area contributed by atoms with Crippen molar-refractivity contribution in [1.82, 2.24) is 5.43 Å². The number of nitrogens with zero attached hydrogens (tertiary/aromatic N) is 1. The highest BCUT2D eigenvalue weighted by Crippen LogP contribution is 2.16. The highest BCUT2D eigenvalue weighted by molar-refractivity contribution is 7.99. The fraction of sp³-hybridized carbons (Fsp3) is 0.125. The monoisotopic (exact) mass is 352 g/mol. The zero-order valence-electron chi connectivity index (χ0n) is 11.6. The molecule has 22 heavy (non-hydrogen) atoms. The van der Waals surface area contributed by atoms with Crippen LogP contribution in [-0.2, 0) is 10.5 Å². The summed E-state index contributed by atoms with van der Waals surface area (Å²) in [7, 11) is 0. The third-order valence-corrected chi connectivity index (χ3v) is 4.27. The van der Waals surface area contributed by atoms with Gasteiger partial charge in [-0.25, -0.2) is 5.43 Å². The van der Waals surface area contributed by atoms with E-state index < -0.39 is 0 Å². The number of hydrogen-bond donors (Lipinski definition) is 1. The number of amides is 1. The summed E-state index contributed by atoms with van der Waals surface area (Å²) < 4.78 is 0. The summed E-state index contributed by atoms with van der Waals surface area (Å²) in [6.07, 6.45) is 1.53. The average molecular weight is 353 g/mol. The van der Waals surface area contributed by atoms with E-state index in [4.69, 9.17) is 23.2 Å². The molecule has 0 aliphatic carbocycles. The van der Waals surface area contributed by atoms with Crippen LogP contribution in [0.15, 0.2) is 53.6 Å². The molecule has 0 spiro atoms. The van der Waals surface area contributed by atoms with Crippen molar-refractivity contribution >= 4 is 47.1 Å². The quantitative estimate of drug-likeness (QED) is 0.619. The van der Waals surface area contributed by atoms with E-state index in [1.807, 2.05) is 42.5 Å². The van der Waals surface area contributed by atoms with Crippen molar-refractivity contribution in [3.8, 4) is 0 Å². The van der Waals surface area contributed by atoms with E-state index in [2.05, 4.69) is 10.5 Å². The van der Waals surface area contributed by atoms with Gasteiger partial charge in [0, 0.05) is 21.4 Å².